The molecule has 1 aliphatic carbocycles. The lowest BCUT2D eigenvalue weighted by Crippen LogP contribution is -2.44. The lowest BCUT2D eigenvalue weighted by molar-refractivity contribution is -0.123. The molecule has 2 rings (SSSR count). The van der Waals surface area contributed by atoms with E-state index < -0.39 is 22.5 Å². The number of Topliss-reactive ketones (excluding diaryl/α,β-unsaturated/α-hetero) is 2. The van der Waals surface area contributed by atoms with Crippen LogP contribution in [0.25, 0.3) is 0 Å². The molecule has 0 fully saturated rings. The van der Waals surface area contributed by atoms with Crippen LogP contribution in [0.2, 0.25) is 0 Å². The van der Waals surface area contributed by atoms with Gasteiger partial charge >= 0.3 is 0 Å². The van der Waals surface area contributed by atoms with E-state index in [1.807, 2.05) is 56.3 Å². The minimum Gasteiger partial charge on any atom is -0.507 e. The van der Waals surface area contributed by atoms with Crippen LogP contribution >= 0.6 is 0 Å². The Kier molecular flexibility index (Phi) is 13.1. The quantitative estimate of drug-likeness (QED) is 0.199. The molecule has 1 aromatic carbocycles. The van der Waals surface area contributed by atoms with Crippen molar-refractivity contribution in [2.45, 2.75) is 53.4 Å². The maximum atomic E-state index is 13.7. The zero-order valence-electron chi connectivity index (χ0n) is 23.5. The van der Waals surface area contributed by atoms with Gasteiger partial charge in [0.2, 0.25) is 0 Å². The molecule has 0 heterocycles. The third-order valence-electron chi connectivity index (χ3n) is 7.73. The Morgan fingerprint density at radius 1 is 1.16 bits per heavy atom. The number of hydrogen-bond donors (Lipinski definition) is 3. The minimum atomic E-state index is -0.846. The summed E-state index contributed by atoms with van der Waals surface area (Å²) in [7, 11) is 1.00. The zero-order chi connectivity index (χ0) is 28.9. The fourth-order valence-electron chi connectivity index (χ4n) is 5.40. The second-order valence-corrected chi connectivity index (χ2v) is 9.87. The highest BCUT2D eigenvalue weighted by Crippen LogP contribution is 2.54. The Morgan fingerprint density at radius 3 is 2.29 bits per heavy atom. The monoisotopic (exact) mass is 520 g/mol. The molecule has 0 spiro atoms. The first-order valence-corrected chi connectivity index (χ1v) is 12.9. The van der Waals surface area contributed by atoms with E-state index in [2.05, 4.69) is 20.1 Å². The molecule has 38 heavy (non-hydrogen) atoms. The van der Waals surface area contributed by atoms with E-state index in [1.165, 1.54) is 13.0 Å². The van der Waals surface area contributed by atoms with E-state index in [4.69, 9.17) is 5.11 Å². The molecule has 0 bridgehead atoms. The molecule has 1 aliphatic rings. The Bertz CT molecular complexity index is 1110. The minimum absolute atomic E-state index is 0.187. The summed E-state index contributed by atoms with van der Waals surface area (Å²) in [6, 6.07) is 9.70. The van der Waals surface area contributed by atoms with Gasteiger partial charge in [-0.3, -0.25) is 9.59 Å². The van der Waals surface area contributed by atoms with Gasteiger partial charge in [0.1, 0.15) is 11.3 Å². The number of allylic oxidation sites excluding steroid dienone is 8. The van der Waals surface area contributed by atoms with E-state index in [0.717, 1.165) is 23.8 Å². The molecule has 1 aromatic rings. The summed E-state index contributed by atoms with van der Waals surface area (Å²) in [6.07, 6.45) is 12.6. The molecule has 0 saturated carbocycles. The molecular weight excluding hydrogens is 476 g/mol. The zero-order valence-corrected chi connectivity index (χ0v) is 23.5. The first-order valence-electron chi connectivity index (χ1n) is 12.9. The number of carbonyl (C=O) groups is 2. The summed E-state index contributed by atoms with van der Waals surface area (Å²) in [5.74, 6) is -1.71. The standard InChI is InChI=1S/C32H40O4.CH4O/c1-7-13-27(23(4)9-3)31(6)19-16-26(21-25-14-11-10-12-15-25)30(36)29(24(5)34)28(35)17-20-32(31,22-33)18-8-2;1-2/h7-15,17,20,26,33,35H,1-2,16,18-19,21-22H2,3-6H3;2H,1H3/b20-17?,23-9-,27-13+,29-28+;/t26?,31-,32?;/m0./s1. The Hall–Kier alpha value is -3.28. The lowest BCUT2D eigenvalue weighted by atomic mass is 9.55. The van der Waals surface area contributed by atoms with E-state index in [0.29, 0.717) is 25.7 Å². The second-order valence-electron chi connectivity index (χ2n) is 9.87. The topological polar surface area (TPSA) is 94.8 Å². The second kappa shape index (κ2) is 15.2. The smallest absolute Gasteiger partial charge is 0.173 e. The van der Waals surface area contributed by atoms with Crippen molar-refractivity contribution in [2.24, 2.45) is 16.7 Å². The van der Waals surface area contributed by atoms with Crippen molar-refractivity contribution in [3.63, 3.8) is 0 Å². The molecular formula is C33H44O5. The molecule has 0 amide bonds. The third kappa shape index (κ3) is 7.18. The van der Waals surface area contributed by atoms with Gasteiger partial charge in [0.15, 0.2) is 11.6 Å². The third-order valence-corrected chi connectivity index (χ3v) is 7.73. The fraction of sp³-hybridized carbons (Fsp3) is 0.394. The molecule has 0 saturated heterocycles. The fourth-order valence-corrected chi connectivity index (χ4v) is 5.40. The largest absolute Gasteiger partial charge is 0.507 e. The van der Waals surface area contributed by atoms with Crippen LogP contribution in [0.4, 0.5) is 0 Å². The maximum absolute atomic E-state index is 13.7. The van der Waals surface area contributed by atoms with E-state index in [-0.39, 0.29) is 23.7 Å². The SMILES string of the molecule is C=C/C=C(\C(C)=C/C)[C@]1(C)CCC(Cc2ccccc2)C(=O)/C(C(C)=O)=C(/O)C=CC1(CO)CC=C.CO. The highest BCUT2D eigenvalue weighted by atomic mass is 16.3. The van der Waals surface area contributed by atoms with Crippen molar-refractivity contribution >= 4 is 11.6 Å². The average molecular weight is 521 g/mol. The van der Waals surface area contributed by atoms with E-state index in [9.17, 15) is 19.8 Å². The Balaban J connectivity index is 0.00000352. The van der Waals surface area contributed by atoms with Gasteiger partial charge in [0.05, 0.1) is 6.61 Å². The van der Waals surface area contributed by atoms with Crippen molar-refractivity contribution in [3.8, 4) is 0 Å². The predicted molar refractivity (Wildman–Crippen MR) is 156 cm³/mol. The number of aliphatic hydroxyl groups excluding tert-OH is 3. The van der Waals surface area contributed by atoms with E-state index >= 15 is 0 Å². The molecule has 206 valence electrons. The number of aliphatic hydroxyl groups is 3. The van der Waals surface area contributed by atoms with Gasteiger partial charge in [-0.05, 0) is 63.7 Å². The number of ketones is 2. The molecule has 2 unspecified atom stereocenters. The van der Waals surface area contributed by atoms with Crippen molar-refractivity contribution < 1.29 is 24.9 Å². The summed E-state index contributed by atoms with van der Waals surface area (Å²) in [4.78, 5) is 26.2. The van der Waals surface area contributed by atoms with Gasteiger partial charge in [-0.25, -0.2) is 0 Å². The van der Waals surface area contributed by atoms with Gasteiger partial charge < -0.3 is 15.3 Å². The van der Waals surface area contributed by atoms with Crippen molar-refractivity contribution in [1.82, 2.24) is 0 Å². The number of rotatable bonds is 9. The summed E-state index contributed by atoms with van der Waals surface area (Å²) in [5, 5.41) is 28.9. The summed E-state index contributed by atoms with van der Waals surface area (Å²) >= 11 is 0. The van der Waals surface area contributed by atoms with Gasteiger partial charge in [-0.2, -0.15) is 0 Å². The van der Waals surface area contributed by atoms with Crippen LogP contribution < -0.4 is 0 Å². The molecule has 3 atom stereocenters. The van der Waals surface area contributed by atoms with Gasteiger partial charge in [0.25, 0.3) is 0 Å². The van der Waals surface area contributed by atoms with Crippen LogP contribution in [0.3, 0.4) is 0 Å². The van der Waals surface area contributed by atoms with Gasteiger partial charge in [-0.15, -0.1) is 6.58 Å². The highest BCUT2D eigenvalue weighted by molar-refractivity contribution is 6.20. The summed E-state index contributed by atoms with van der Waals surface area (Å²) in [5.41, 5.74) is 1.36. The summed E-state index contributed by atoms with van der Waals surface area (Å²) < 4.78 is 0. The van der Waals surface area contributed by atoms with E-state index in [1.54, 1.807) is 18.2 Å². The Labute approximate surface area is 228 Å². The van der Waals surface area contributed by atoms with Crippen LogP contribution in [-0.4, -0.2) is 40.6 Å². The average Bonchev–Trinajstić information content (AvgIpc) is 2.92. The normalized spacial score (nSPS) is 26.7. The van der Waals surface area contributed by atoms with Crippen molar-refractivity contribution in [2.75, 3.05) is 13.7 Å². The van der Waals surface area contributed by atoms with Crippen molar-refractivity contribution in [1.29, 1.82) is 0 Å². The molecule has 5 heteroatoms. The van der Waals surface area contributed by atoms with Crippen LogP contribution in [0, 0.1) is 16.7 Å². The molecule has 5 nitrogen and oxygen atoms in total. The lowest BCUT2D eigenvalue weighted by Gasteiger charge is -2.49. The number of hydrogen-bond acceptors (Lipinski definition) is 5. The van der Waals surface area contributed by atoms with Gasteiger partial charge in [0, 0.05) is 23.9 Å². The van der Waals surface area contributed by atoms with Crippen LogP contribution in [0.5, 0.6) is 0 Å². The van der Waals surface area contributed by atoms with Gasteiger partial charge in [-0.1, -0.05) is 79.8 Å². The van der Waals surface area contributed by atoms with Crippen LogP contribution in [0.1, 0.15) is 52.5 Å². The number of carbonyl (C=O) groups excluding carboxylic acids is 2. The number of benzene rings is 1. The maximum Gasteiger partial charge on any atom is 0.173 e. The molecule has 3 N–H and O–H groups in total. The molecule has 0 radical (unpaired) electrons. The van der Waals surface area contributed by atoms with Crippen LogP contribution in [-0.2, 0) is 16.0 Å². The first-order chi connectivity index (χ1) is 18.1. The van der Waals surface area contributed by atoms with Crippen molar-refractivity contribution in [3.05, 3.63) is 108 Å². The Morgan fingerprint density at radius 2 is 1.79 bits per heavy atom. The molecule has 0 aliphatic heterocycles. The highest BCUT2D eigenvalue weighted by Gasteiger charge is 2.48. The first kappa shape index (κ1) is 32.7. The molecule has 0 aromatic heterocycles. The van der Waals surface area contributed by atoms with Crippen LogP contribution in [0.15, 0.2) is 102 Å². The predicted octanol–water partition coefficient (Wildman–Crippen LogP) is 6.41. The summed E-state index contributed by atoms with van der Waals surface area (Å²) in [6.45, 7) is 15.0.